The smallest absolute Gasteiger partial charge is 0.137 e. The Morgan fingerprint density at radius 3 is 2.81 bits per heavy atom. The number of pyridine rings is 1. The molecule has 3 N–H and O–H groups in total. The van der Waals surface area contributed by atoms with E-state index in [0.29, 0.717) is 12.0 Å². The van der Waals surface area contributed by atoms with Gasteiger partial charge in [0.05, 0.1) is 5.60 Å². The van der Waals surface area contributed by atoms with Gasteiger partial charge in [-0.25, -0.2) is 4.98 Å². The molecule has 0 aromatic carbocycles. The first-order valence-electron chi connectivity index (χ1n) is 7.82. The molecule has 0 aliphatic heterocycles. The first kappa shape index (κ1) is 14.5. The fraction of sp³-hybridized carbons (Fsp3) is 0.588. The van der Waals surface area contributed by atoms with E-state index in [1.54, 1.807) is 6.20 Å². The molecular formula is C17H25N3O. The molecule has 0 saturated heterocycles. The van der Waals surface area contributed by atoms with Gasteiger partial charge in [-0.15, -0.1) is 0 Å². The van der Waals surface area contributed by atoms with Crippen LogP contribution in [0, 0.1) is 5.41 Å². The summed E-state index contributed by atoms with van der Waals surface area (Å²) in [5.41, 5.74) is 1.97. The van der Waals surface area contributed by atoms with Crippen LogP contribution < -0.4 is 5.32 Å². The maximum atomic E-state index is 10.7. The SMILES string of the molecule is CC1(C)CCC(O)(CNCc2c[nH]c3ncccc23)CC1. The highest BCUT2D eigenvalue weighted by Crippen LogP contribution is 2.39. The van der Waals surface area contributed by atoms with Crippen LogP contribution in [0.4, 0.5) is 0 Å². The number of aromatic nitrogens is 2. The molecule has 114 valence electrons. The number of aliphatic hydroxyl groups is 1. The van der Waals surface area contributed by atoms with Gasteiger partial charge in [0.1, 0.15) is 5.65 Å². The first-order chi connectivity index (χ1) is 9.98. The number of nitrogens with one attached hydrogen (secondary N) is 2. The fourth-order valence-corrected chi connectivity index (χ4v) is 3.16. The zero-order chi connectivity index (χ0) is 14.9. The number of aromatic amines is 1. The van der Waals surface area contributed by atoms with Gasteiger partial charge < -0.3 is 15.4 Å². The lowest BCUT2D eigenvalue weighted by Crippen LogP contribution is -2.44. The molecule has 0 amide bonds. The Balaban J connectivity index is 1.57. The number of fused-ring (bicyclic) bond motifs is 1. The molecule has 4 heteroatoms. The Morgan fingerprint density at radius 1 is 1.29 bits per heavy atom. The van der Waals surface area contributed by atoms with Gasteiger partial charge in [0.25, 0.3) is 0 Å². The highest BCUT2D eigenvalue weighted by Gasteiger charge is 2.36. The summed E-state index contributed by atoms with van der Waals surface area (Å²) >= 11 is 0. The van der Waals surface area contributed by atoms with Crippen LogP contribution in [-0.4, -0.2) is 27.2 Å². The molecule has 0 radical (unpaired) electrons. The third-order valence-electron chi connectivity index (χ3n) is 4.84. The van der Waals surface area contributed by atoms with Crippen LogP contribution in [-0.2, 0) is 6.54 Å². The lowest BCUT2D eigenvalue weighted by Gasteiger charge is -2.40. The van der Waals surface area contributed by atoms with E-state index in [1.165, 1.54) is 5.56 Å². The summed E-state index contributed by atoms with van der Waals surface area (Å²) in [4.78, 5) is 7.48. The number of H-pyrrole nitrogens is 1. The van der Waals surface area contributed by atoms with Gasteiger partial charge >= 0.3 is 0 Å². The average molecular weight is 287 g/mol. The van der Waals surface area contributed by atoms with Crippen molar-refractivity contribution >= 4 is 11.0 Å². The van der Waals surface area contributed by atoms with Gasteiger partial charge in [-0.3, -0.25) is 0 Å². The van der Waals surface area contributed by atoms with E-state index in [9.17, 15) is 5.11 Å². The van der Waals surface area contributed by atoms with E-state index in [2.05, 4.69) is 35.2 Å². The van der Waals surface area contributed by atoms with Gasteiger partial charge in [-0.1, -0.05) is 13.8 Å². The van der Waals surface area contributed by atoms with Crippen molar-refractivity contribution in [2.45, 2.75) is 51.7 Å². The molecule has 1 aliphatic carbocycles. The van der Waals surface area contributed by atoms with E-state index in [1.807, 2.05) is 12.3 Å². The minimum Gasteiger partial charge on any atom is -0.389 e. The van der Waals surface area contributed by atoms with E-state index in [0.717, 1.165) is 43.3 Å². The number of nitrogens with zero attached hydrogens (tertiary/aromatic N) is 1. The number of hydrogen-bond acceptors (Lipinski definition) is 3. The Morgan fingerprint density at radius 2 is 2.05 bits per heavy atom. The molecule has 1 aliphatic rings. The molecule has 0 bridgehead atoms. The summed E-state index contributed by atoms with van der Waals surface area (Å²) in [5.74, 6) is 0. The molecule has 4 nitrogen and oxygen atoms in total. The van der Waals surface area contributed by atoms with E-state index in [-0.39, 0.29) is 0 Å². The van der Waals surface area contributed by atoms with Gasteiger partial charge in [0.15, 0.2) is 0 Å². The molecule has 2 heterocycles. The summed E-state index contributed by atoms with van der Waals surface area (Å²) in [6.07, 6.45) is 7.77. The lowest BCUT2D eigenvalue weighted by molar-refractivity contribution is -0.0244. The molecule has 1 saturated carbocycles. The van der Waals surface area contributed by atoms with Crippen LogP contribution in [0.25, 0.3) is 11.0 Å². The molecule has 0 atom stereocenters. The maximum absolute atomic E-state index is 10.7. The van der Waals surface area contributed by atoms with Crippen LogP contribution in [0.3, 0.4) is 0 Å². The second-order valence-electron chi connectivity index (χ2n) is 7.21. The predicted molar refractivity (Wildman–Crippen MR) is 85.0 cm³/mol. The quantitative estimate of drug-likeness (QED) is 0.810. The molecule has 0 unspecified atom stereocenters. The molecular weight excluding hydrogens is 262 g/mol. The van der Waals surface area contributed by atoms with Crippen LogP contribution in [0.1, 0.15) is 45.1 Å². The highest BCUT2D eigenvalue weighted by molar-refractivity contribution is 5.79. The standard InChI is InChI=1S/C17H25N3O/c1-16(2)5-7-17(21,8-6-16)12-18-10-13-11-20-15-14(13)4-3-9-19-15/h3-4,9,11,18,21H,5-8,10,12H2,1-2H3,(H,19,20). The first-order valence-corrected chi connectivity index (χ1v) is 7.82. The van der Waals surface area contributed by atoms with Crippen molar-refractivity contribution in [3.8, 4) is 0 Å². The minimum atomic E-state index is -0.542. The van der Waals surface area contributed by atoms with Gasteiger partial charge in [-0.2, -0.15) is 0 Å². The summed E-state index contributed by atoms with van der Waals surface area (Å²) in [6.45, 7) is 6.01. The van der Waals surface area contributed by atoms with Crippen molar-refractivity contribution in [1.29, 1.82) is 0 Å². The molecule has 1 fully saturated rings. The van der Waals surface area contributed by atoms with Crippen LogP contribution in [0.15, 0.2) is 24.5 Å². The van der Waals surface area contributed by atoms with Crippen LogP contribution in [0.2, 0.25) is 0 Å². The summed E-state index contributed by atoms with van der Waals surface area (Å²) < 4.78 is 0. The molecule has 2 aromatic rings. The Kier molecular flexibility index (Phi) is 3.76. The number of rotatable bonds is 4. The normalized spacial score (nSPS) is 20.7. The maximum Gasteiger partial charge on any atom is 0.137 e. The summed E-state index contributed by atoms with van der Waals surface area (Å²) in [7, 11) is 0. The third kappa shape index (κ3) is 3.27. The third-order valence-corrected chi connectivity index (χ3v) is 4.84. The second kappa shape index (κ2) is 5.43. The van der Waals surface area contributed by atoms with Crippen LogP contribution >= 0.6 is 0 Å². The van der Waals surface area contributed by atoms with E-state index < -0.39 is 5.60 Å². The second-order valence-corrected chi connectivity index (χ2v) is 7.21. The highest BCUT2D eigenvalue weighted by atomic mass is 16.3. The largest absolute Gasteiger partial charge is 0.389 e. The van der Waals surface area contributed by atoms with E-state index >= 15 is 0 Å². The van der Waals surface area contributed by atoms with Crippen molar-refractivity contribution in [2.75, 3.05) is 6.54 Å². The van der Waals surface area contributed by atoms with Gasteiger partial charge in [-0.05, 0) is 48.8 Å². The minimum absolute atomic E-state index is 0.384. The lowest BCUT2D eigenvalue weighted by atomic mass is 9.71. The van der Waals surface area contributed by atoms with Crippen molar-refractivity contribution in [3.63, 3.8) is 0 Å². The number of hydrogen-bond donors (Lipinski definition) is 3. The molecule has 0 spiro atoms. The fourth-order valence-electron chi connectivity index (χ4n) is 3.16. The zero-order valence-corrected chi connectivity index (χ0v) is 12.9. The monoisotopic (exact) mass is 287 g/mol. The van der Waals surface area contributed by atoms with Crippen molar-refractivity contribution in [3.05, 3.63) is 30.1 Å². The van der Waals surface area contributed by atoms with Crippen LogP contribution in [0.5, 0.6) is 0 Å². The predicted octanol–water partition coefficient (Wildman–Crippen LogP) is 2.98. The Labute approximate surface area is 126 Å². The summed E-state index contributed by atoms with van der Waals surface area (Å²) in [6, 6.07) is 4.03. The van der Waals surface area contributed by atoms with Gasteiger partial charge in [0, 0.05) is 30.9 Å². The summed E-state index contributed by atoms with van der Waals surface area (Å²) in [5, 5.41) is 15.2. The molecule has 2 aromatic heterocycles. The molecule has 3 rings (SSSR count). The Hall–Kier alpha value is -1.39. The topological polar surface area (TPSA) is 60.9 Å². The van der Waals surface area contributed by atoms with Crippen molar-refractivity contribution in [2.24, 2.45) is 5.41 Å². The van der Waals surface area contributed by atoms with Crippen molar-refractivity contribution < 1.29 is 5.11 Å². The van der Waals surface area contributed by atoms with E-state index in [4.69, 9.17) is 0 Å². The molecule has 21 heavy (non-hydrogen) atoms. The Bertz CT molecular complexity index is 607. The van der Waals surface area contributed by atoms with Gasteiger partial charge in [0.2, 0.25) is 0 Å². The average Bonchev–Trinajstić information content (AvgIpc) is 2.87. The van der Waals surface area contributed by atoms with Crippen molar-refractivity contribution in [1.82, 2.24) is 15.3 Å². The zero-order valence-electron chi connectivity index (χ0n) is 12.9.